The summed E-state index contributed by atoms with van der Waals surface area (Å²) in [5.41, 5.74) is 1.86. The molecule has 252 valence electrons. The summed E-state index contributed by atoms with van der Waals surface area (Å²) in [5.74, 6) is -2.33. The number of nitrogens with one attached hydrogen (secondary N) is 1. The molecule has 6 rings (SSSR count). The van der Waals surface area contributed by atoms with E-state index >= 15 is 0 Å². The molecular formula is C32H26Br2Cl2F2N4O6. The fourth-order valence-corrected chi connectivity index (χ4v) is 7.07. The van der Waals surface area contributed by atoms with Crippen molar-refractivity contribution < 1.29 is 28.2 Å². The molecule has 4 heterocycles. The Hall–Kier alpha value is -3.72. The minimum absolute atomic E-state index is 0.0000774. The number of benzene rings is 2. The minimum atomic E-state index is -0.726. The zero-order valence-electron chi connectivity index (χ0n) is 25.3. The van der Waals surface area contributed by atoms with Crippen LogP contribution in [-0.4, -0.2) is 56.5 Å². The Bertz CT molecular complexity index is 2090. The lowest BCUT2D eigenvalue weighted by Crippen LogP contribution is -2.40. The highest BCUT2D eigenvalue weighted by molar-refractivity contribution is 9.10. The Morgan fingerprint density at radius 3 is 1.85 bits per heavy atom. The third-order valence-corrected chi connectivity index (χ3v) is 10.3. The molecule has 0 unspecified atom stereocenters. The fourth-order valence-electron chi connectivity index (χ4n) is 5.53. The molecule has 2 aliphatic rings. The van der Waals surface area contributed by atoms with Crippen LogP contribution in [-0.2, 0) is 33.0 Å². The van der Waals surface area contributed by atoms with Crippen LogP contribution >= 0.6 is 55.1 Å². The number of aromatic nitrogens is 2. The summed E-state index contributed by atoms with van der Waals surface area (Å²) in [5, 5.41) is 9.91. The third-order valence-electron chi connectivity index (χ3n) is 8.00. The van der Waals surface area contributed by atoms with Gasteiger partial charge in [0.05, 0.1) is 37.5 Å². The molecule has 16 heteroatoms. The van der Waals surface area contributed by atoms with E-state index < -0.39 is 28.9 Å². The zero-order valence-corrected chi connectivity index (χ0v) is 30.0. The van der Waals surface area contributed by atoms with Crippen LogP contribution < -0.4 is 15.9 Å². The summed E-state index contributed by atoms with van der Waals surface area (Å²) < 4.78 is 34.1. The highest BCUT2D eigenvalue weighted by Crippen LogP contribution is 2.32. The Kier molecular flexibility index (Phi) is 10.7. The van der Waals surface area contributed by atoms with Gasteiger partial charge in [-0.3, -0.25) is 19.2 Å². The molecule has 2 aromatic heterocycles. The number of fused-ring (bicyclic) bond motifs is 2. The molecule has 2 aliphatic heterocycles. The van der Waals surface area contributed by atoms with Crippen LogP contribution in [0.25, 0.3) is 0 Å². The SMILES string of the molecule is COc1c2c(c(Br)n(C)c1=O)CCN(Cc1ccc(F)c(Cl)c1)C2=O.O=C1c2c(c(Br)[nH]c(=O)c2O)CCN1Cc1ccc(F)c(Cl)c1. The number of ether oxygens (including phenoxy) is 1. The molecule has 10 nitrogen and oxygen atoms in total. The van der Waals surface area contributed by atoms with Crippen molar-refractivity contribution in [2.75, 3.05) is 20.2 Å². The number of H-pyrrole nitrogens is 1. The number of amides is 2. The standard InChI is InChI=1S/C17H15BrClFN2O3.C15H11BrClFN2O3/c1-21-15(18)10-5-6-22(8-9-3-4-12(20)11(19)7-9)16(23)13(10)14(25-2)17(21)24;16-13-8-3-4-20(6-7-1-2-10(18)9(17)5-7)15(23)11(8)12(21)14(22)19-13/h3-4,7H,5-6,8H2,1-2H3;1-2,5,21H,3-4,6H2,(H,19,22). The van der Waals surface area contributed by atoms with E-state index in [2.05, 4.69) is 36.8 Å². The Labute approximate surface area is 299 Å². The summed E-state index contributed by atoms with van der Waals surface area (Å²) in [4.78, 5) is 55.1. The highest BCUT2D eigenvalue weighted by atomic mass is 79.9. The van der Waals surface area contributed by atoms with Crippen molar-refractivity contribution in [3.63, 3.8) is 0 Å². The molecule has 0 aliphatic carbocycles. The maximum atomic E-state index is 13.3. The largest absolute Gasteiger partial charge is 0.502 e. The number of hydrogen-bond acceptors (Lipinski definition) is 6. The number of carbonyl (C=O) groups excluding carboxylic acids is 2. The molecule has 0 saturated carbocycles. The summed E-state index contributed by atoms with van der Waals surface area (Å²) in [6, 6.07) is 8.58. The van der Waals surface area contributed by atoms with Gasteiger partial charge >= 0.3 is 0 Å². The first-order valence-corrected chi connectivity index (χ1v) is 16.6. The van der Waals surface area contributed by atoms with E-state index in [0.29, 0.717) is 51.8 Å². The average molecular weight is 831 g/mol. The average Bonchev–Trinajstić information content (AvgIpc) is 3.05. The summed E-state index contributed by atoms with van der Waals surface area (Å²) in [6.45, 7) is 1.36. The molecule has 0 saturated heterocycles. The zero-order chi connectivity index (χ0) is 35.0. The van der Waals surface area contributed by atoms with Crippen molar-refractivity contribution in [3.05, 3.63) is 121 Å². The van der Waals surface area contributed by atoms with E-state index in [4.69, 9.17) is 27.9 Å². The van der Waals surface area contributed by atoms with Crippen molar-refractivity contribution in [3.8, 4) is 11.5 Å². The molecule has 0 fully saturated rings. The number of aromatic amines is 1. The third kappa shape index (κ3) is 6.89. The van der Waals surface area contributed by atoms with Gasteiger partial charge in [0.2, 0.25) is 0 Å². The normalized spacial score (nSPS) is 13.9. The maximum Gasteiger partial charge on any atom is 0.294 e. The molecule has 0 spiro atoms. The minimum Gasteiger partial charge on any atom is -0.502 e. The van der Waals surface area contributed by atoms with Gasteiger partial charge in [-0.05, 0) is 80.1 Å². The van der Waals surface area contributed by atoms with Gasteiger partial charge in [0.25, 0.3) is 22.9 Å². The number of pyridine rings is 2. The molecule has 0 bridgehead atoms. The number of carbonyl (C=O) groups is 2. The number of nitrogens with zero attached hydrogens (tertiary/aromatic N) is 3. The lowest BCUT2D eigenvalue weighted by atomic mass is 9.99. The molecule has 0 atom stereocenters. The summed E-state index contributed by atoms with van der Waals surface area (Å²) in [6.07, 6.45) is 1.04. The van der Waals surface area contributed by atoms with Crippen molar-refractivity contribution in [2.24, 2.45) is 7.05 Å². The van der Waals surface area contributed by atoms with Crippen LogP contribution in [0.2, 0.25) is 10.0 Å². The molecule has 2 amide bonds. The molecular weight excluding hydrogens is 805 g/mol. The van der Waals surface area contributed by atoms with E-state index in [0.717, 1.165) is 5.56 Å². The number of hydrogen-bond donors (Lipinski definition) is 2. The second kappa shape index (κ2) is 14.4. The first kappa shape index (κ1) is 35.6. The Morgan fingerprint density at radius 2 is 1.35 bits per heavy atom. The van der Waals surface area contributed by atoms with Crippen molar-refractivity contribution in [1.29, 1.82) is 0 Å². The number of methoxy groups -OCH3 is 1. The van der Waals surface area contributed by atoms with Crippen LogP contribution in [0, 0.1) is 11.6 Å². The van der Waals surface area contributed by atoms with E-state index in [-0.39, 0.29) is 51.5 Å². The fraction of sp³-hybridized carbons (Fsp3) is 0.250. The second-order valence-electron chi connectivity index (χ2n) is 11.0. The first-order valence-electron chi connectivity index (χ1n) is 14.3. The quantitative estimate of drug-likeness (QED) is 0.239. The highest BCUT2D eigenvalue weighted by Gasteiger charge is 2.33. The summed E-state index contributed by atoms with van der Waals surface area (Å²) >= 11 is 18.1. The molecule has 4 aromatic rings. The predicted molar refractivity (Wildman–Crippen MR) is 182 cm³/mol. The Balaban J connectivity index is 0.000000188. The van der Waals surface area contributed by atoms with E-state index in [9.17, 15) is 33.1 Å². The summed E-state index contributed by atoms with van der Waals surface area (Å²) in [7, 11) is 2.99. The van der Waals surface area contributed by atoms with Gasteiger partial charge in [0.1, 0.15) is 11.6 Å². The van der Waals surface area contributed by atoms with Gasteiger partial charge in [-0.1, -0.05) is 35.3 Å². The van der Waals surface area contributed by atoms with E-state index in [1.165, 1.54) is 46.9 Å². The number of halogens is 6. The number of rotatable bonds is 5. The predicted octanol–water partition coefficient (Wildman–Crippen LogP) is 5.98. The van der Waals surface area contributed by atoms with E-state index in [1.54, 1.807) is 18.0 Å². The van der Waals surface area contributed by atoms with Crippen LogP contribution in [0.4, 0.5) is 8.78 Å². The van der Waals surface area contributed by atoms with E-state index in [1.807, 2.05) is 0 Å². The van der Waals surface area contributed by atoms with Crippen LogP contribution in [0.15, 0.2) is 55.2 Å². The molecule has 2 N–H and O–H groups in total. The van der Waals surface area contributed by atoms with Gasteiger partial charge in [-0.2, -0.15) is 0 Å². The monoisotopic (exact) mass is 828 g/mol. The molecule has 0 radical (unpaired) electrons. The van der Waals surface area contributed by atoms with Gasteiger partial charge < -0.3 is 29.2 Å². The molecule has 2 aromatic carbocycles. The topological polar surface area (TPSA) is 125 Å². The van der Waals surface area contributed by atoms with Gasteiger partial charge in [-0.25, -0.2) is 8.78 Å². The van der Waals surface area contributed by atoms with Gasteiger partial charge in [-0.15, -0.1) is 0 Å². The lowest BCUT2D eigenvalue weighted by Gasteiger charge is -2.30. The second-order valence-corrected chi connectivity index (χ2v) is 13.3. The maximum absolute atomic E-state index is 13.3. The van der Waals surface area contributed by atoms with Crippen LogP contribution in [0.3, 0.4) is 0 Å². The first-order chi connectivity index (χ1) is 22.7. The van der Waals surface area contributed by atoms with Crippen LogP contribution in [0.1, 0.15) is 43.0 Å². The smallest absolute Gasteiger partial charge is 0.294 e. The van der Waals surface area contributed by atoms with Crippen molar-refractivity contribution in [1.82, 2.24) is 19.4 Å². The van der Waals surface area contributed by atoms with Crippen LogP contribution in [0.5, 0.6) is 11.5 Å². The molecule has 48 heavy (non-hydrogen) atoms. The van der Waals surface area contributed by atoms with Gasteiger partial charge in [0, 0.05) is 44.4 Å². The lowest BCUT2D eigenvalue weighted by molar-refractivity contribution is 0.0714. The van der Waals surface area contributed by atoms with Crippen molar-refractivity contribution >= 4 is 66.9 Å². The van der Waals surface area contributed by atoms with Gasteiger partial charge in [0.15, 0.2) is 11.5 Å². The number of aromatic hydroxyl groups is 1. The van der Waals surface area contributed by atoms with Crippen molar-refractivity contribution in [2.45, 2.75) is 25.9 Å². The Morgan fingerprint density at radius 1 is 0.854 bits per heavy atom.